The van der Waals surface area contributed by atoms with Gasteiger partial charge < -0.3 is 84.6 Å². The topological polar surface area (TPSA) is 278 Å². The minimum Gasteiger partial charge on any atom is -0.394 e. The molecule has 0 aromatic carbocycles. The second kappa shape index (κ2) is 18.8. The fourth-order valence-electron chi connectivity index (χ4n) is 14.5. The largest absolute Gasteiger partial charge is 0.394 e. The van der Waals surface area contributed by atoms with Gasteiger partial charge in [0, 0.05) is 0 Å². The van der Waals surface area contributed by atoms with E-state index in [4.69, 9.17) is 28.4 Å². The summed E-state index contributed by atoms with van der Waals surface area (Å²) in [5.74, 6) is 0.264. The molecule has 0 amide bonds. The number of hydrogen-bond donors (Lipinski definition) is 11. The molecule has 7 fully saturated rings. The second-order valence-corrected chi connectivity index (χ2v) is 22.5. The lowest BCUT2D eigenvalue weighted by Crippen LogP contribution is -2.68. The van der Waals surface area contributed by atoms with Crippen molar-refractivity contribution in [3.63, 3.8) is 0 Å². The van der Waals surface area contributed by atoms with Gasteiger partial charge in [-0.2, -0.15) is 0 Å². The Kier molecular flexibility index (Phi) is 14.9. The van der Waals surface area contributed by atoms with Crippen LogP contribution in [0, 0.1) is 45.3 Å². The maximum absolute atomic E-state index is 12.3. The van der Waals surface area contributed by atoms with Gasteiger partial charge in [0.15, 0.2) is 18.9 Å². The smallest absolute Gasteiger partial charge is 0.187 e. The zero-order valence-electron chi connectivity index (χ0n) is 39.0. The molecule has 370 valence electrons. The molecule has 4 aliphatic carbocycles. The Morgan fingerprint density at radius 2 is 1.22 bits per heavy atom. The number of aliphatic hydroxyl groups excluding tert-OH is 10. The van der Waals surface area contributed by atoms with Crippen molar-refractivity contribution in [1.82, 2.24) is 0 Å². The fraction of sp³-hybridized carbons (Fsp3) is 0.957. The van der Waals surface area contributed by atoms with Gasteiger partial charge in [0.1, 0.15) is 67.1 Å². The molecule has 3 saturated heterocycles. The lowest BCUT2D eigenvalue weighted by atomic mass is 9.35. The molecule has 0 radical (unpaired) electrons. The van der Waals surface area contributed by atoms with Crippen LogP contribution in [0.25, 0.3) is 0 Å². The van der Waals surface area contributed by atoms with E-state index in [0.717, 1.165) is 38.5 Å². The molecule has 17 nitrogen and oxygen atoms in total. The molecule has 4 saturated carbocycles. The number of aliphatic hydroxyl groups is 11. The Balaban J connectivity index is 1.12. The summed E-state index contributed by atoms with van der Waals surface area (Å²) in [7, 11) is 0. The van der Waals surface area contributed by atoms with E-state index in [2.05, 4.69) is 54.5 Å². The summed E-state index contributed by atoms with van der Waals surface area (Å²) < 4.78 is 36.4. The van der Waals surface area contributed by atoms with Gasteiger partial charge in [-0.05, 0) is 124 Å². The van der Waals surface area contributed by atoms with Crippen LogP contribution in [0.1, 0.15) is 113 Å². The molecular formula is C47H80O17. The maximum atomic E-state index is 12.3. The van der Waals surface area contributed by atoms with E-state index >= 15 is 0 Å². The standard InChI is InChI=1S/C47H80O17/c1-22(2)10-9-14-47(8,58)23-11-16-46(7)31(23)24(50)18-29-44(5)15-13-30(43(3,4)28(44)12-17-45(29,46)6)62-41-38(35(55)33(53)26(19-48)60-41)64-42-39(36(56)34(54)27(20-49)61-42)63-40-37(57)32(52)25(51)21-59-40/h10,23-42,48-58H,9,11-21H2,1-8H3/t23-,24-,25+,26+,27+,28-,29+,30+,31?,32-,33+,34+,35-,36-,37+,38+,39+,40-,41-,42-,44-,45+,46-,47-/m0/s1. The lowest BCUT2D eigenvalue weighted by Gasteiger charge is -2.70. The van der Waals surface area contributed by atoms with Crippen molar-refractivity contribution in [3.05, 3.63) is 11.6 Å². The molecular weight excluding hydrogens is 836 g/mol. The van der Waals surface area contributed by atoms with E-state index in [1.165, 1.54) is 5.57 Å². The molecule has 0 aromatic heterocycles. The first kappa shape index (κ1) is 50.9. The summed E-state index contributed by atoms with van der Waals surface area (Å²) >= 11 is 0. The molecule has 0 spiro atoms. The third-order valence-corrected chi connectivity index (χ3v) is 18.3. The minimum absolute atomic E-state index is 0.0120. The van der Waals surface area contributed by atoms with Gasteiger partial charge in [0.25, 0.3) is 0 Å². The number of hydrogen-bond acceptors (Lipinski definition) is 17. The van der Waals surface area contributed by atoms with E-state index in [-0.39, 0.29) is 39.9 Å². The number of rotatable bonds is 12. The first-order chi connectivity index (χ1) is 29.9. The second-order valence-electron chi connectivity index (χ2n) is 22.5. The summed E-state index contributed by atoms with van der Waals surface area (Å²) in [5, 5.41) is 120. The quantitative estimate of drug-likeness (QED) is 0.0946. The summed E-state index contributed by atoms with van der Waals surface area (Å²) in [6.45, 7) is 15.7. The zero-order valence-corrected chi connectivity index (χ0v) is 39.0. The van der Waals surface area contributed by atoms with Gasteiger partial charge in [-0.25, -0.2) is 0 Å². The van der Waals surface area contributed by atoms with Gasteiger partial charge in [0.05, 0.1) is 37.6 Å². The fourth-order valence-corrected chi connectivity index (χ4v) is 14.5. The highest BCUT2D eigenvalue weighted by atomic mass is 16.8. The summed E-state index contributed by atoms with van der Waals surface area (Å²) in [6.07, 6.45) is -14.4. The van der Waals surface area contributed by atoms with Crippen LogP contribution in [-0.2, 0) is 28.4 Å². The average molecular weight is 917 g/mol. The first-order valence-electron chi connectivity index (χ1n) is 23.8. The Labute approximate surface area is 377 Å². The monoisotopic (exact) mass is 917 g/mol. The Morgan fingerprint density at radius 1 is 0.656 bits per heavy atom. The molecule has 11 N–H and O–H groups in total. The number of ether oxygens (including phenoxy) is 6. The van der Waals surface area contributed by atoms with Crippen molar-refractivity contribution in [2.75, 3.05) is 19.8 Å². The number of allylic oxidation sites excluding steroid dienone is 2. The summed E-state index contributed by atoms with van der Waals surface area (Å²) in [6, 6.07) is 0. The Hall–Kier alpha value is -0.940. The van der Waals surface area contributed by atoms with Crippen LogP contribution in [0.15, 0.2) is 11.6 Å². The van der Waals surface area contributed by atoms with Crippen molar-refractivity contribution >= 4 is 0 Å². The lowest BCUT2D eigenvalue weighted by molar-refractivity contribution is -0.395. The van der Waals surface area contributed by atoms with Crippen LogP contribution >= 0.6 is 0 Å². The molecule has 64 heavy (non-hydrogen) atoms. The van der Waals surface area contributed by atoms with Crippen molar-refractivity contribution < 1.29 is 84.6 Å². The van der Waals surface area contributed by atoms with Gasteiger partial charge in [-0.15, -0.1) is 0 Å². The van der Waals surface area contributed by atoms with Crippen molar-refractivity contribution in [3.8, 4) is 0 Å². The van der Waals surface area contributed by atoms with E-state index in [0.29, 0.717) is 19.3 Å². The first-order valence-corrected chi connectivity index (χ1v) is 23.8. The maximum Gasteiger partial charge on any atom is 0.187 e. The highest BCUT2D eigenvalue weighted by Crippen LogP contribution is 2.76. The minimum atomic E-state index is -1.83. The molecule has 1 unspecified atom stereocenters. The van der Waals surface area contributed by atoms with E-state index in [1.54, 1.807) is 0 Å². The number of fused-ring (bicyclic) bond motifs is 5. The van der Waals surface area contributed by atoms with E-state index in [1.807, 2.05) is 6.92 Å². The van der Waals surface area contributed by atoms with Crippen molar-refractivity contribution in [2.45, 2.75) is 217 Å². The molecule has 3 heterocycles. The summed E-state index contributed by atoms with van der Waals surface area (Å²) in [4.78, 5) is 0. The molecule has 17 heteroatoms. The van der Waals surface area contributed by atoms with E-state index < -0.39 is 129 Å². The Bertz CT molecular complexity index is 1630. The van der Waals surface area contributed by atoms with E-state index in [9.17, 15) is 56.2 Å². The average Bonchev–Trinajstić information content (AvgIpc) is 3.62. The molecule has 0 aromatic rings. The normalized spacial score (nSPS) is 52.5. The predicted octanol–water partition coefficient (Wildman–Crippen LogP) is 0.612. The molecule has 7 aliphatic rings. The highest BCUT2D eigenvalue weighted by molar-refractivity contribution is 5.20. The van der Waals surface area contributed by atoms with Crippen molar-refractivity contribution in [2.24, 2.45) is 45.3 Å². The molecule has 7 rings (SSSR count). The summed E-state index contributed by atoms with van der Waals surface area (Å²) in [5.41, 5.74) is -0.680. The van der Waals surface area contributed by atoms with Gasteiger partial charge in [-0.1, -0.05) is 46.3 Å². The SMILES string of the molecule is CC(C)=CCC[C@](C)(O)[C@H]1CC[C@@]2(C)C1[C@@H](O)C[C@@H]1[C@@]3(C)CC[C@@H](O[C@@H]4O[C@H](CO)[C@@H](O)[C@H](O)[C@H]4O[C@@H]4O[C@H](CO)[C@@H](O)[C@H](O)[C@H]4O[C@@H]4OC[C@@H](O)[C@H](O)[C@H]4O)C(C)(C)[C@@H]3CC[C@]12C. The van der Waals surface area contributed by atoms with Gasteiger partial charge >= 0.3 is 0 Å². The van der Waals surface area contributed by atoms with Gasteiger partial charge in [0.2, 0.25) is 0 Å². The third kappa shape index (κ3) is 8.60. The molecule has 24 atom stereocenters. The van der Waals surface area contributed by atoms with Crippen LogP contribution in [0.4, 0.5) is 0 Å². The highest BCUT2D eigenvalue weighted by Gasteiger charge is 2.71. The molecule has 3 aliphatic heterocycles. The van der Waals surface area contributed by atoms with Crippen LogP contribution in [0.5, 0.6) is 0 Å². The molecule has 0 bridgehead atoms. The third-order valence-electron chi connectivity index (χ3n) is 18.3. The van der Waals surface area contributed by atoms with Crippen LogP contribution in [0.3, 0.4) is 0 Å². The predicted molar refractivity (Wildman–Crippen MR) is 228 cm³/mol. The van der Waals surface area contributed by atoms with Crippen LogP contribution in [0.2, 0.25) is 0 Å². The van der Waals surface area contributed by atoms with Crippen LogP contribution < -0.4 is 0 Å². The Morgan fingerprint density at radius 3 is 1.80 bits per heavy atom. The van der Waals surface area contributed by atoms with Crippen LogP contribution in [-0.4, -0.2) is 180 Å². The zero-order chi connectivity index (χ0) is 47.1. The van der Waals surface area contributed by atoms with Crippen molar-refractivity contribution in [1.29, 1.82) is 0 Å². The van der Waals surface area contributed by atoms with Gasteiger partial charge in [-0.3, -0.25) is 0 Å².